The molecule has 128 valence electrons. The van der Waals surface area contributed by atoms with Crippen LogP contribution in [0.2, 0.25) is 0 Å². The van der Waals surface area contributed by atoms with Crippen LogP contribution in [0.15, 0.2) is 6.33 Å². The van der Waals surface area contributed by atoms with Crippen LogP contribution in [0.3, 0.4) is 0 Å². The van der Waals surface area contributed by atoms with Gasteiger partial charge in [0.15, 0.2) is 5.56 Å². The van der Waals surface area contributed by atoms with Crippen LogP contribution in [-0.2, 0) is 0 Å². The highest BCUT2D eigenvalue weighted by molar-refractivity contribution is 5.98. The Morgan fingerprint density at radius 3 is 2.26 bits per heavy atom. The Kier molecular flexibility index (Phi) is 5.64. The second-order valence-electron chi connectivity index (χ2n) is 5.99. The summed E-state index contributed by atoms with van der Waals surface area (Å²) in [5.74, 6) is 0.412. The Bertz CT molecular complexity index is 531. The lowest BCUT2D eigenvalue weighted by atomic mass is 9.78. The van der Waals surface area contributed by atoms with Crippen LogP contribution in [-0.4, -0.2) is 61.2 Å². The van der Waals surface area contributed by atoms with E-state index in [1.54, 1.807) is 0 Å². The molecule has 3 rings (SSSR count). The fraction of sp³-hybridized carbons (Fsp3) is 0.667. The molecule has 2 fully saturated rings. The molecule has 1 aromatic heterocycles. The first kappa shape index (κ1) is 17.7. The van der Waals surface area contributed by atoms with Crippen LogP contribution in [0.5, 0.6) is 11.8 Å². The zero-order valence-electron chi connectivity index (χ0n) is 13.5. The SMILES string of the molecule is COc1ncnc(OC)c1C(=O)N1CCC2(CCNC2)CC1.Cl. The first-order chi connectivity index (χ1) is 10.7. The summed E-state index contributed by atoms with van der Waals surface area (Å²) in [4.78, 5) is 22.7. The van der Waals surface area contributed by atoms with Crippen LogP contribution in [0, 0.1) is 5.41 Å². The van der Waals surface area contributed by atoms with Gasteiger partial charge in [0.1, 0.15) is 6.33 Å². The highest BCUT2D eigenvalue weighted by atomic mass is 35.5. The lowest BCUT2D eigenvalue weighted by Gasteiger charge is -2.38. The van der Waals surface area contributed by atoms with Gasteiger partial charge in [0.05, 0.1) is 14.2 Å². The molecule has 2 saturated heterocycles. The summed E-state index contributed by atoms with van der Waals surface area (Å²) in [6, 6.07) is 0. The maximum atomic E-state index is 12.8. The Balaban J connectivity index is 0.00000192. The Morgan fingerprint density at radius 2 is 1.78 bits per heavy atom. The van der Waals surface area contributed by atoms with E-state index in [0.717, 1.165) is 39.0 Å². The van der Waals surface area contributed by atoms with E-state index >= 15 is 0 Å². The number of ether oxygens (including phenoxy) is 2. The van der Waals surface area contributed by atoms with Gasteiger partial charge in [-0.15, -0.1) is 12.4 Å². The van der Waals surface area contributed by atoms with Gasteiger partial charge in [-0.25, -0.2) is 9.97 Å². The molecule has 7 nitrogen and oxygen atoms in total. The van der Waals surface area contributed by atoms with Crippen molar-refractivity contribution in [1.82, 2.24) is 20.2 Å². The summed E-state index contributed by atoms with van der Waals surface area (Å²) in [6.07, 6.45) is 4.61. The summed E-state index contributed by atoms with van der Waals surface area (Å²) in [6.45, 7) is 3.65. The minimum Gasteiger partial charge on any atom is -0.480 e. The van der Waals surface area contributed by atoms with Gasteiger partial charge in [-0.1, -0.05) is 0 Å². The quantitative estimate of drug-likeness (QED) is 0.887. The average Bonchev–Trinajstić information content (AvgIpc) is 3.02. The summed E-state index contributed by atoms with van der Waals surface area (Å²) >= 11 is 0. The standard InChI is InChI=1S/C15H22N4O3.ClH/c1-21-12-11(13(22-2)18-10-17-12)14(20)19-7-4-15(5-8-19)3-6-16-9-15;/h10,16H,3-9H2,1-2H3;1H. The van der Waals surface area contributed by atoms with Gasteiger partial charge in [-0.2, -0.15) is 0 Å². The van der Waals surface area contributed by atoms with Crippen molar-refractivity contribution in [3.05, 3.63) is 11.9 Å². The maximum absolute atomic E-state index is 12.8. The van der Waals surface area contributed by atoms with Crippen molar-refractivity contribution in [3.8, 4) is 11.8 Å². The molecular formula is C15H23ClN4O3. The normalized spacial score (nSPS) is 19.3. The van der Waals surface area contributed by atoms with Crippen molar-refractivity contribution < 1.29 is 14.3 Å². The predicted molar refractivity (Wildman–Crippen MR) is 87.4 cm³/mol. The first-order valence-corrected chi connectivity index (χ1v) is 7.62. The Labute approximate surface area is 142 Å². The lowest BCUT2D eigenvalue weighted by molar-refractivity contribution is 0.0599. The number of amides is 1. The number of halogens is 1. The molecule has 0 saturated carbocycles. The molecule has 8 heteroatoms. The fourth-order valence-electron chi connectivity index (χ4n) is 3.41. The van der Waals surface area contributed by atoms with Crippen LogP contribution in [0.1, 0.15) is 29.6 Å². The predicted octanol–water partition coefficient (Wildman–Crippen LogP) is 1.13. The van der Waals surface area contributed by atoms with E-state index in [0.29, 0.717) is 11.0 Å². The molecule has 1 N–H and O–H groups in total. The average molecular weight is 343 g/mol. The number of rotatable bonds is 3. The van der Waals surface area contributed by atoms with E-state index in [-0.39, 0.29) is 30.1 Å². The van der Waals surface area contributed by atoms with Crippen molar-refractivity contribution in [3.63, 3.8) is 0 Å². The summed E-state index contributed by atoms with van der Waals surface area (Å²) < 4.78 is 10.4. The number of nitrogens with one attached hydrogen (secondary N) is 1. The maximum Gasteiger partial charge on any atom is 0.264 e. The zero-order valence-corrected chi connectivity index (χ0v) is 14.3. The summed E-state index contributed by atoms with van der Waals surface area (Å²) in [5.41, 5.74) is 0.686. The van der Waals surface area contributed by atoms with Crippen molar-refractivity contribution in [2.24, 2.45) is 5.41 Å². The lowest BCUT2D eigenvalue weighted by Crippen LogP contribution is -2.44. The van der Waals surface area contributed by atoms with Gasteiger partial charge in [-0.3, -0.25) is 4.79 Å². The molecule has 2 aliphatic heterocycles. The van der Waals surface area contributed by atoms with E-state index in [1.165, 1.54) is 27.0 Å². The minimum atomic E-state index is -0.116. The third-order valence-corrected chi connectivity index (χ3v) is 4.82. The first-order valence-electron chi connectivity index (χ1n) is 7.62. The number of aromatic nitrogens is 2. The number of hydrogen-bond acceptors (Lipinski definition) is 6. The monoisotopic (exact) mass is 342 g/mol. The Hall–Kier alpha value is -1.60. The third-order valence-electron chi connectivity index (χ3n) is 4.82. The summed E-state index contributed by atoms with van der Waals surface area (Å²) in [5, 5.41) is 3.43. The molecule has 1 spiro atoms. The van der Waals surface area contributed by atoms with E-state index in [1.807, 2.05) is 4.90 Å². The topological polar surface area (TPSA) is 76.6 Å². The Morgan fingerprint density at radius 1 is 1.17 bits per heavy atom. The van der Waals surface area contributed by atoms with Crippen molar-refractivity contribution >= 4 is 18.3 Å². The number of methoxy groups -OCH3 is 2. The molecule has 0 bridgehead atoms. The minimum absolute atomic E-state index is 0. The highest BCUT2D eigenvalue weighted by Crippen LogP contribution is 2.38. The van der Waals surface area contributed by atoms with Gasteiger partial charge in [0, 0.05) is 19.6 Å². The molecule has 0 aromatic carbocycles. The van der Waals surface area contributed by atoms with E-state index in [9.17, 15) is 4.79 Å². The second kappa shape index (κ2) is 7.31. The number of likely N-dealkylation sites (tertiary alicyclic amines) is 1. The third kappa shape index (κ3) is 3.35. The van der Waals surface area contributed by atoms with E-state index in [2.05, 4.69) is 15.3 Å². The second-order valence-corrected chi connectivity index (χ2v) is 5.99. The van der Waals surface area contributed by atoms with Gasteiger partial charge in [-0.05, 0) is 31.2 Å². The van der Waals surface area contributed by atoms with E-state index < -0.39 is 0 Å². The molecular weight excluding hydrogens is 320 g/mol. The fourth-order valence-corrected chi connectivity index (χ4v) is 3.41. The largest absolute Gasteiger partial charge is 0.480 e. The molecule has 2 aliphatic rings. The smallest absolute Gasteiger partial charge is 0.264 e. The molecule has 3 heterocycles. The number of piperidine rings is 1. The number of nitrogens with zero attached hydrogens (tertiary/aromatic N) is 3. The molecule has 0 aliphatic carbocycles. The molecule has 0 radical (unpaired) electrons. The molecule has 1 aromatic rings. The van der Waals surface area contributed by atoms with Crippen molar-refractivity contribution in [2.45, 2.75) is 19.3 Å². The molecule has 0 unspecified atom stereocenters. The van der Waals surface area contributed by atoms with Crippen LogP contribution in [0.4, 0.5) is 0 Å². The van der Waals surface area contributed by atoms with Crippen LogP contribution >= 0.6 is 12.4 Å². The van der Waals surface area contributed by atoms with Gasteiger partial charge in [0.2, 0.25) is 11.8 Å². The molecule has 1 amide bonds. The van der Waals surface area contributed by atoms with Crippen LogP contribution in [0.25, 0.3) is 0 Å². The zero-order chi connectivity index (χ0) is 15.6. The van der Waals surface area contributed by atoms with Crippen molar-refractivity contribution in [1.29, 1.82) is 0 Å². The van der Waals surface area contributed by atoms with Gasteiger partial charge >= 0.3 is 0 Å². The molecule has 0 atom stereocenters. The number of hydrogen-bond donors (Lipinski definition) is 1. The van der Waals surface area contributed by atoms with E-state index in [4.69, 9.17) is 9.47 Å². The van der Waals surface area contributed by atoms with Crippen molar-refractivity contribution in [2.75, 3.05) is 40.4 Å². The number of carbonyl (C=O) groups excluding carboxylic acids is 1. The highest BCUT2D eigenvalue weighted by Gasteiger charge is 2.39. The molecule has 23 heavy (non-hydrogen) atoms. The van der Waals surface area contributed by atoms with Crippen LogP contribution < -0.4 is 14.8 Å². The summed E-state index contributed by atoms with van der Waals surface area (Å²) in [7, 11) is 2.99. The van der Waals surface area contributed by atoms with Gasteiger partial charge < -0.3 is 19.7 Å². The number of carbonyl (C=O) groups is 1. The van der Waals surface area contributed by atoms with Gasteiger partial charge in [0.25, 0.3) is 5.91 Å².